The Bertz CT molecular complexity index is 252. The zero-order valence-corrected chi connectivity index (χ0v) is 11.6. The van der Waals surface area contributed by atoms with E-state index in [9.17, 15) is 4.79 Å². The number of hydrogen-bond acceptors (Lipinski definition) is 1. The van der Waals surface area contributed by atoms with Crippen molar-refractivity contribution in [3.05, 3.63) is 0 Å². The van der Waals surface area contributed by atoms with E-state index in [1.165, 1.54) is 12.8 Å². The minimum atomic E-state index is -0.456. The van der Waals surface area contributed by atoms with Gasteiger partial charge in [-0.05, 0) is 32.1 Å². The molecule has 3 unspecified atom stereocenters. The van der Waals surface area contributed by atoms with Crippen LogP contribution in [-0.4, -0.2) is 17.8 Å². The van der Waals surface area contributed by atoms with E-state index in [-0.39, 0.29) is 5.91 Å². The molecule has 1 aliphatic carbocycles. The van der Waals surface area contributed by atoms with Crippen molar-refractivity contribution < 1.29 is 4.79 Å². The molecule has 0 aliphatic heterocycles. The third-order valence-corrected chi connectivity index (χ3v) is 4.64. The fourth-order valence-electron chi connectivity index (χ4n) is 2.21. The van der Waals surface area contributed by atoms with Crippen molar-refractivity contribution in [3.8, 4) is 0 Å². The average Bonchev–Trinajstić information content (AvgIpc) is 2.24. The quantitative estimate of drug-likeness (QED) is 0.761. The molecule has 0 heterocycles. The van der Waals surface area contributed by atoms with Crippen LogP contribution in [0.3, 0.4) is 0 Å². The van der Waals surface area contributed by atoms with E-state index in [1.54, 1.807) is 0 Å². The van der Waals surface area contributed by atoms with Crippen molar-refractivity contribution in [2.75, 3.05) is 5.88 Å². The SMILES string of the molecule is CC1CCCC(NC(=O)C(C)(C)CCl)C1C. The fraction of sp³-hybridized carbons (Fsp3) is 0.923. The number of halogens is 1. The summed E-state index contributed by atoms with van der Waals surface area (Å²) in [6.07, 6.45) is 3.61. The summed E-state index contributed by atoms with van der Waals surface area (Å²) >= 11 is 5.81. The number of carbonyl (C=O) groups is 1. The van der Waals surface area contributed by atoms with Gasteiger partial charge in [-0.25, -0.2) is 0 Å². The Morgan fingerprint density at radius 1 is 1.38 bits per heavy atom. The number of rotatable bonds is 3. The summed E-state index contributed by atoms with van der Waals surface area (Å²) in [4.78, 5) is 12.0. The molecule has 3 atom stereocenters. The van der Waals surface area contributed by atoms with E-state index in [0.29, 0.717) is 23.8 Å². The Morgan fingerprint density at radius 3 is 2.56 bits per heavy atom. The molecule has 3 heteroatoms. The van der Waals surface area contributed by atoms with Crippen molar-refractivity contribution in [1.82, 2.24) is 5.32 Å². The second-order valence-electron chi connectivity index (χ2n) is 5.86. The van der Waals surface area contributed by atoms with E-state index in [2.05, 4.69) is 19.2 Å². The van der Waals surface area contributed by atoms with Gasteiger partial charge in [-0.15, -0.1) is 11.6 Å². The molecule has 0 aromatic carbocycles. The van der Waals surface area contributed by atoms with Crippen LogP contribution in [0.4, 0.5) is 0 Å². The lowest BCUT2D eigenvalue weighted by Gasteiger charge is -2.36. The first kappa shape index (κ1) is 13.8. The standard InChI is InChI=1S/C13H24ClNO/c1-9-6-5-7-11(10(9)2)15-12(16)13(3,4)8-14/h9-11H,5-8H2,1-4H3,(H,15,16). The Morgan fingerprint density at radius 2 is 2.00 bits per heavy atom. The summed E-state index contributed by atoms with van der Waals surface area (Å²) in [5.41, 5.74) is -0.456. The molecule has 0 spiro atoms. The Labute approximate surface area is 104 Å². The van der Waals surface area contributed by atoms with Gasteiger partial charge >= 0.3 is 0 Å². The van der Waals surface area contributed by atoms with Crippen molar-refractivity contribution in [2.24, 2.45) is 17.3 Å². The second kappa shape index (κ2) is 5.39. The normalized spacial score (nSPS) is 31.2. The van der Waals surface area contributed by atoms with Gasteiger partial charge in [0.2, 0.25) is 5.91 Å². The van der Waals surface area contributed by atoms with Crippen LogP contribution in [0, 0.1) is 17.3 Å². The van der Waals surface area contributed by atoms with E-state index in [4.69, 9.17) is 11.6 Å². The maximum Gasteiger partial charge on any atom is 0.227 e. The number of hydrogen-bond donors (Lipinski definition) is 1. The Balaban J connectivity index is 2.56. The van der Waals surface area contributed by atoms with Crippen molar-refractivity contribution in [1.29, 1.82) is 0 Å². The van der Waals surface area contributed by atoms with Crippen LogP contribution >= 0.6 is 11.6 Å². The number of carbonyl (C=O) groups excluding carboxylic acids is 1. The molecule has 0 bridgehead atoms. The summed E-state index contributed by atoms with van der Waals surface area (Å²) in [5.74, 6) is 1.74. The van der Waals surface area contributed by atoms with Gasteiger partial charge in [0.1, 0.15) is 0 Å². The van der Waals surface area contributed by atoms with Gasteiger partial charge in [0.25, 0.3) is 0 Å². The van der Waals surface area contributed by atoms with Crippen LogP contribution in [0.25, 0.3) is 0 Å². The van der Waals surface area contributed by atoms with Gasteiger partial charge in [0, 0.05) is 11.9 Å². The van der Waals surface area contributed by atoms with Crippen molar-refractivity contribution in [3.63, 3.8) is 0 Å². The van der Waals surface area contributed by atoms with Crippen LogP contribution in [0.2, 0.25) is 0 Å². The minimum absolute atomic E-state index is 0.0912. The van der Waals surface area contributed by atoms with Gasteiger partial charge in [0.15, 0.2) is 0 Å². The van der Waals surface area contributed by atoms with Gasteiger partial charge < -0.3 is 5.32 Å². The maximum absolute atomic E-state index is 12.0. The van der Waals surface area contributed by atoms with Gasteiger partial charge in [-0.1, -0.05) is 26.7 Å². The predicted molar refractivity (Wildman–Crippen MR) is 68.6 cm³/mol. The third-order valence-electron chi connectivity index (χ3n) is 3.97. The first-order chi connectivity index (χ1) is 7.38. The Kier molecular flexibility index (Phi) is 4.66. The van der Waals surface area contributed by atoms with Gasteiger partial charge in [-0.3, -0.25) is 4.79 Å². The molecule has 2 nitrogen and oxygen atoms in total. The summed E-state index contributed by atoms with van der Waals surface area (Å²) in [5, 5.41) is 3.17. The minimum Gasteiger partial charge on any atom is -0.353 e. The average molecular weight is 246 g/mol. The lowest BCUT2D eigenvalue weighted by molar-refractivity contribution is -0.129. The molecular weight excluding hydrogens is 222 g/mol. The van der Waals surface area contributed by atoms with Crippen LogP contribution in [-0.2, 0) is 4.79 Å². The molecular formula is C13H24ClNO. The van der Waals surface area contributed by atoms with Crippen LogP contribution in [0.1, 0.15) is 47.0 Å². The van der Waals surface area contributed by atoms with E-state index >= 15 is 0 Å². The lowest BCUT2D eigenvalue weighted by Crippen LogP contribution is -2.48. The molecule has 1 rings (SSSR count). The largest absolute Gasteiger partial charge is 0.353 e. The summed E-state index contributed by atoms with van der Waals surface area (Å²) in [6.45, 7) is 8.30. The topological polar surface area (TPSA) is 29.1 Å². The summed E-state index contributed by atoms with van der Waals surface area (Å²) in [6, 6.07) is 0.332. The van der Waals surface area contributed by atoms with Gasteiger partial charge in [-0.2, -0.15) is 0 Å². The van der Waals surface area contributed by atoms with E-state index in [1.807, 2.05) is 13.8 Å². The highest BCUT2D eigenvalue weighted by Crippen LogP contribution is 2.30. The number of amides is 1. The highest BCUT2D eigenvalue weighted by molar-refractivity contribution is 6.19. The first-order valence-electron chi connectivity index (χ1n) is 6.25. The number of alkyl halides is 1. The predicted octanol–water partition coefficient (Wildman–Crippen LogP) is 3.19. The van der Waals surface area contributed by atoms with Crippen LogP contribution in [0.5, 0.6) is 0 Å². The summed E-state index contributed by atoms with van der Waals surface area (Å²) < 4.78 is 0. The zero-order chi connectivity index (χ0) is 12.3. The number of nitrogens with one attached hydrogen (secondary N) is 1. The molecule has 1 aliphatic rings. The molecule has 1 amide bonds. The van der Waals surface area contributed by atoms with E-state index < -0.39 is 5.41 Å². The van der Waals surface area contributed by atoms with Crippen molar-refractivity contribution >= 4 is 17.5 Å². The second-order valence-corrected chi connectivity index (χ2v) is 6.13. The highest BCUT2D eigenvalue weighted by Gasteiger charge is 2.33. The molecule has 0 radical (unpaired) electrons. The molecule has 1 N–H and O–H groups in total. The molecule has 0 aromatic heterocycles. The first-order valence-corrected chi connectivity index (χ1v) is 6.79. The summed E-state index contributed by atoms with van der Waals surface area (Å²) in [7, 11) is 0. The lowest BCUT2D eigenvalue weighted by atomic mass is 9.77. The van der Waals surface area contributed by atoms with Crippen molar-refractivity contribution in [2.45, 2.75) is 53.0 Å². The van der Waals surface area contributed by atoms with Gasteiger partial charge in [0.05, 0.1) is 5.41 Å². The molecule has 16 heavy (non-hydrogen) atoms. The third kappa shape index (κ3) is 3.13. The monoisotopic (exact) mass is 245 g/mol. The molecule has 1 saturated carbocycles. The molecule has 1 fully saturated rings. The highest BCUT2D eigenvalue weighted by atomic mass is 35.5. The van der Waals surface area contributed by atoms with Crippen LogP contribution < -0.4 is 5.32 Å². The molecule has 94 valence electrons. The zero-order valence-electron chi connectivity index (χ0n) is 10.8. The molecule has 0 aromatic rings. The fourth-order valence-corrected chi connectivity index (χ4v) is 2.33. The smallest absolute Gasteiger partial charge is 0.227 e. The van der Waals surface area contributed by atoms with Crippen LogP contribution in [0.15, 0.2) is 0 Å². The van der Waals surface area contributed by atoms with E-state index in [0.717, 1.165) is 6.42 Å². The Hall–Kier alpha value is -0.240. The molecule has 0 saturated heterocycles. The maximum atomic E-state index is 12.0.